The second-order valence-corrected chi connectivity index (χ2v) is 4.45. The van der Waals surface area contributed by atoms with Crippen LogP contribution < -0.4 is 4.90 Å². The van der Waals surface area contributed by atoms with Crippen molar-refractivity contribution in [3.05, 3.63) is 29.3 Å². The van der Waals surface area contributed by atoms with Gasteiger partial charge in [0.05, 0.1) is 0 Å². The number of rotatable bonds is 2. The number of aldehydes is 1. The van der Waals surface area contributed by atoms with Crippen LogP contribution in [-0.2, 0) is 0 Å². The number of benzene rings is 1. The fourth-order valence-electron chi connectivity index (χ4n) is 2.15. The van der Waals surface area contributed by atoms with Crippen LogP contribution in [0.15, 0.2) is 18.2 Å². The molecule has 1 aromatic rings. The molecule has 3 heteroatoms. The van der Waals surface area contributed by atoms with Crippen molar-refractivity contribution in [2.24, 2.45) is 0 Å². The summed E-state index contributed by atoms with van der Waals surface area (Å²) in [7, 11) is 2.15. The summed E-state index contributed by atoms with van der Waals surface area (Å²) in [6.45, 7) is 6.42. The van der Waals surface area contributed by atoms with Crippen molar-refractivity contribution in [2.75, 3.05) is 38.1 Å². The summed E-state index contributed by atoms with van der Waals surface area (Å²) in [5, 5.41) is 0. The quantitative estimate of drug-likeness (QED) is 0.704. The summed E-state index contributed by atoms with van der Waals surface area (Å²) < 4.78 is 0. The third kappa shape index (κ3) is 2.25. The maximum Gasteiger partial charge on any atom is 0.150 e. The first-order valence-electron chi connectivity index (χ1n) is 5.70. The second kappa shape index (κ2) is 4.66. The highest BCUT2D eigenvalue weighted by Crippen LogP contribution is 2.21. The number of carbonyl (C=O) groups excluding carboxylic acids is 1. The van der Waals surface area contributed by atoms with Gasteiger partial charge in [-0.2, -0.15) is 0 Å². The zero-order valence-electron chi connectivity index (χ0n) is 9.94. The number of nitrogens with zero attached hydrogens (tertiary/aromatic N) is 2. The van der Waals surface area contributed by atoms with Crippen LogP contribution in [0.3, 0.4) is 0 Å². The molecule has 16 heavy (non-hydrogen) atoms. The Bertz CT molecular complexity index is 382. The van der Waals surface area contributed by atoms with Crippen LogP contribution in [0.1, 0.15) is 15.9 Å². The number of hydrogen-bond donors (Lipinski definition) is 0. The maximum atomic E-state index is 10.7. The Labute approximate surface area is 96.7 Å². The van der Waals surface area contributed by atoms with Crippen molar-refractivity contribution in [3.8, 4) is 0 Å². The minimum absolute atomic E-state index is 0.760. The van der Waals surface area contributed by atoms with Crippen molar-refractivity contribution in [1.82, 2.24) is 4.90 Å². The molecular formula is C13H18N2O. The minimum Gasteiger partial charge on any atom is -0.369 e. The van der Waals surface area contributed by atoms with E-state index in [1.165, 1.54) is 11.3 Å². The van der Waals surface area contributed by atoms with Gasteiger partial charge in [0.25, 0.3) is 0 Å². The molecule has 1 fully saturated rings. The molecule has 0 radical (unpaired) electrons. The number of hydrogen-bond acceptors (Lipinski definition) is 3. The predicted molar refractivity (Wildman–Crippen MR) is 66.3 cm³/mol. The molecule has 1 saturated heterocycles. The van der Waals surface area contributed by atoms with E-state index in [1.807, 2.05) is 12.1 Å². The Balaban J connectivity index is 2.17. The fourth-order valence-corrected chi connectivity index (χ4v) is 2.15. The molecule has 1 heterocycles. The van der Waals surface area contributed by atoms with Crippen LogP contribution in [-0.4, -0.2) is 44.4 Å². The molecule has 3 nitrogen and oxygen atoms in total. The summed E-state index contributed by atoms with van der Waals surface area (Å²) in [6.07, 6.45) is 0.904. The molecule has 86 valence electrons. The van der Waals surface area contributed by atoms with Gasteiger partial charge in [-0.3, -0.25) is 4.79 Å². The SMILES string of the molecule is Cc1cc(C=O)ccc1N1CCN(C)CC1. The van der Waals surface area contributed by atoms with Gasteiger partial charge in [-0.1, -0.05) is 0 Å². The summed E-state index contributed by atoms with van der Waals surface area (Å²) in [5.41, 5.74) is 3.21. The smallest absolute Gasteiger partial charge is 0.150 e. The van der Waals surface area contributed by atoms with Crippen molar-refractivity contribution < 1.29 is 4.79 Å². The molecule has 0 unspecified atom stereocenters. The lowest BCUT2D eigenvalue weighted by atomic mass is 10.1. The van der Waals surface area contributed by atoms with Crippen LogP contribution >= 0.6 is 0 Å². The van der Waals surface area contributed by atoms with E-state index >= 15 is 0 Å². The van der Waals surface area contributed by atoms with Crippen LogP contribution in [0.5, 0.6) is 0 Å². The first kappa shape index (κ1) is 11.1. The van der Waals surface area contributed by atoms with Gasteiger partial charge in [-0.15, -0.1) is 0 Å². The number of likely N-dealkylation sites (N-methyl/N-ethyl adjacent to an activating group) is 1. The van der Waals surface area contributed by atoms with E-state index in [4.69, 9.17) is 0 Å². The zero-order valence-corrected chi connectivity index (χ0v) is 9.94. The van der Waals surface area contributed by atoms with Gasteiger partial charge in [-0.05, 0) is 37.7 Å². The van der Waals surface area contributed by atoms with Crippen molar-refractivity contribution in [2.45, 2.75) is 6.92 Å². The second-order valence-electron chi connectivity index (χ2n) is 4.45. The number of aryl methyl sites for hydroxylation is 1. The third-order valence-corrected chi connectivity index (χ3v) is 3.20. The van der Waals surface area contributed by atoms with Gasteiger partial charge in [0, 0.05) is 37.4 Å². The van der Waals surface area contributed by atoms with Crippen molar-refractivity contribution in [1.29, 1.82) is 0 Å². The highest BCUT2D eigenvalue weighted by molar-refractivity contribution is 5.77. The van der Waals surface area contributed by atoms with Gasteiger partial charge in [0.1, 0.15) is 6.29 Å². The number of carbonyl (C=O) groups is 1. The van der Waals surface area contributed by atoms with Crippen molar-refractivity contribution in [3.63, 3.8) is 0 Å². The topological polar surface area (TPSA) is 23.6 Å². The maximum absolute atomic E-state index is 10.7. The van der Waals surface area contributed by atoms with E-state index in [1.54, 1.807) is 0 Å². The van der Waals surface area contributed by atoms with E-state index in [0.29, 0.717) is 0 Å². The van der Waals surface area contributed by atoms with Crippen LogP contribution in [0.4, 0.5) is 5.69 Å². The van der Waals surface area contributed by atoms with Crippen LogP contribution in [0, 0.1) is 6.92 Å². The average molecular weight is 218 g/mol. The van der Waals surface area contributed by atoms with Gasteiger partial charge < -0.3 is 9.80 Å². The lowest BCUT2D eigenvalue weighted by Gasteiger charge is -2.35. The Hall–Kier alpha value is -1.35. The highest BCUT2D eigenvalue weighted by Gasteiger charge is 2.15. The summed E-state index contributed by atoms with van der Waals surface area (Å²) >= 11 is 0. The Morgan fingerprint density at radius 3 is 2.44 bits per heavy atom. The van der Waals surface area contributed by atoms with E-state index < -0.39 is 0 Å². The molecule has 0 spiro atoms. The third-order valence-electron chi connectivity index (χ3n) is 3.20. The standard InChI is InChI=1S/C13H18N2O/c1-11-9-12(10-16)3-4-13(11)15-7-5-14(2)6-8-15/h3-4,9-10H,5-8H2,1-2H3. The molecule has 0 aromatic heterocycles. The largest absolute Gasteiger partial charge is 0.369 e. The lowest BCUT2D eigenvalue weighted by molar-refractivity contribution is 0.112. The van der Waals surface area contributed by atoms with E-state index in [0.717, 1.165) is 38.0 Å². The molecule has 2 rings (SSSR count). The van der Waals surface area contributed by atoms with Gasteiger partial charge in [0.15, 0.2) is 0 Å². The highest BCUT2D eigenvalue weighted by atomic mass is 16.1. The first-order valence-corrected chi connectivity index (χ1v) is 5.70. The Kier molecular flexibility index (Phi) is 3.25. The monoisotopic (exact) mass is 218 g/mol. The van der Waals surface area contributed by atoms with Crippen LogP contribution in [0.2, 0.25) is 0 Å². The number of anilines is 1. The molecule has 1 aliphatic heterocycles. The van der Waals surface area contributed by atoms with E-state index in [-0.39, 0.29) is 0 Å². The lowest BCUT2D eigenvalue weighted by Crippen LogP contribution is -2.44. The minimum atomic E-state index is 0.760. The molecule has 0 aliphatic carbocycles. The molecule has 0 bridgehead atoms. The van der Waals surface area contributed by atoms with Crippen LogP contribution in [0.25, 0.3) is 0 Å². The Morgan fingerprint density at radius 2 is 1.88 bits per heavy atom. The first-order chi connectivity index (χ1) is 7.70. The molecular weight excluding hydrogens is 200 g/mol. The molecule has 0 saturated carbocycles. The number of piperazine rings is 1. The fraction of sp³-hybridized carbons (Fsp3) is 0.462. The molecule has 1 aliphatic rings. The molecule has 1 aromatic carbocycles. The molecule has 0 atom stereocenters. The van der Waals surface area contributed by atoms with E-state index in [9.17, 15) is 4.79 Å². The average Bonchev–Trinajstić information content (AvgIpc) is 2.30. The normalized spacial score (nSPS) is 17.5. The summed E-state index contributed by atoms with van der Waals surface area (Å²) in [5.74, 6) is 0. The Morgan fingerprint density at radius 1 is 1.19 bits per heavy atom. The summed E-state index contributed by atoms with van der Waals surface area (Å²) in [6, 6.07) is 5.92. The molecule has 0 amide bonds. The van der Waals surface area contributed by atoms with Gasteiger partial charge >= 0.3 is 0 Å². The van der Waals surface area contributed by atoms with E-state index in [2.05, 4.69) is 29.8 Å². The summed E-state index contributed by atoms with van der Waals surface area (Å²) in [4.78, 5) is 15.4. The van der Waals surface area contributed by atoms with Gasteiger partial charge in [0.2, 0.25) is 0 Å². The predicted octanol–water partition coefficient (Wildman–Crippen LogP) is 1.56. The van der Waals surface area contributed by atoms with Gasteiger partial charge in [-0.25, -0.2) is 0 Å². The molecule has 0 N–H and O–H groups in total. The zero-order chi connectivity index (χ0) is 11.5. The van der Waals surface area contributed by atoms with Crippen molar-refractivity contribution >= 4 is 12.0 Å².